The van der Waals surface area contributed by atoms with Crippen LogP contribution in [0.2, 0.25) is 10.0 Å². The summed E-state index contributed by atoms with van der Waals surface area (Å²) in [7, 11) is -3.73. The van der Waals surface area contributed by atoms with Gasteiger partial charge in [-0.3, -0.25) is 9.10 Å². The zero-order chi connectivity index (χ0) is 19.6. The van der Waals surface area contributed by atoms with Crippen molar-refractivity contribution in [3.05, 3.63) is 57.6 Å². The molecule has 8 heteroatoms. The summed E-state index contributed by atoms with van der Waals surface area (Å²) < 4.78 is 25.6. The molecule has 0 saturated heterocycles. The summed E-state index contributed by atoms with van der Waals surface area (Å²) in [6, 6.07) is 8.94. The van der Waals surface area contributed by atoms with Crippen molar-refractivity contribution < 1.29 is 13.2 Å². The Morgan fingerprint density at radius 1 is 1.04 bits per heavy atom. The molecule has 0 spiro atoms. The van der Waals surface area contributed by atoms with Crippen LogP contribution < -0.4 is 9.62 Å². The molecule has 0 aliphatic rings. The molecule has 1 N–H and O–H groups in total. The Bertz CT molecular complexity index is 945. The van der Waals surface area contributed by atoms with Crippen LogP contribution in [-0.4, -0.2) is 26.6 Å². The molecule has 5 nitrogen and oxygen atoms in total. The summed E-state index contributed by atoms with van der Waals surface area (Å²) in [5.41, 5.74) is 3.00. The number of benzene rings is 2. The van der Waals surface area contributed by atoms with E-state index < -0.39 is 22.0 Å². The Morgan fingerprint density at radius 2 is 1.69 bits per heavy atom. The van der Waals surface area contributed by atoms with Gasteiger partial charge in [0.25, 0.3) is 0 Å². The first-order valence-corrected chi connectivity index (χ1v) is 10.4. The molecule has 2 aromatic carbocycles. The number of carbonyl (C=O) groups excluding carboxylic acids is 1. The molecular weight excluding hydrogens is 395 g/mol. The lowest BCUT2D eigenvalue weighted by Gasteiger charge is -2.28. The highest BCUT2D eigenvalue weighted by molar-refractivity contribution is 7.92. The van der Waals surface area contributed by atoms with Gasteiger partial charge in [-0.15, -0.1) is 0 Å². The van der Waals surface area contributed by atoms with Gasteiger partial charge < -0.3 is 5.32 Å². The summed E-state index contributed by atoms with van der Waals surface area (Å²) in [4.78, 5) is 12.6. The number of aryl methyl sites for hydroxylation is 2. The number of nitrogens with zero attached hydrogens (tertiary/aromatic N) is 1. The van der Waals surface area contributed by atoms with Crippen molar-refractivity contribution in [2.75, 3.05) is 15.9 Å². The molecule has 2 aromatic rings. The van der Waals surface area contributed by atoms with Gasteiger partial charge in [-0.05, 0) is 62.2 Å². The van der Waals surface area contributed by atoms with Crippen molar-refractivity contribution in [3.8, 4) is 0 Å². The molecule has 0 heterocycles. The number of amides is 1. The van der Waals surface area contributed by atoms with Gasteiger partial charge in [-0.2, -0.15) is 0 Å². The smallest absolute Gasteiger partial charge is 0.247 e. The number of halogens is 2. The molecule has 0 saturated carbocycles. The van der Waals surface area contributed by atoms with E-state index >= 15 is 0 Å². The summed E-state index contributed by atoms with van der Waals surface area (Å²) in [6.45, 7) is 5.42. The molecule has 0 aliphatic heterocycles. The van der Waals surface area contributed by atoms with E-state index in [0.29, 0.717) is 10.7 Å². The highest BCUT2D eigenvalue weighted by Gasteiger charge is 2.29. The highest BCUT2D eigenvalue weighted by Crippen LogP contribution is 2.30. The first-order valence-electron chi connectivity index (χ1n) is 7.83. The second-order valence-electron chi connectivity index (χ2n) is 6.12. The van der Waals surface area contributed by atoms with E-state index in [1.54, 1.807) is 6.07 Å². The number of sulfonamides is 1. The maximum Gasteiger partial charge on any atom is 0.247 e. The molecule has 26 heavy (non-hydrogen) atoms. The Hall–Kier alpha value is -1.76. The number of hydrogen-bond acceptors (Lipinski definition) is 3. The van der Waals surface area contributed by atoms with Crippen LogP contribution in [0.4, 0.5) is 11.4 Å². The quantitative estimate of drug-likeness (QED) is 0.787. The molecule has 0 fully saturated rings. The monoisotopic (exact) mass is 414 g/mol. The van der Waals surface area contributed by atoms with E-state index in [1.165, 1.54) is 25.1 Å². The van der Waals surface area contributed by atoms with Crippen LogP contribution in [0.15, 0.2) is 36.4 Å². The third-order valence-electron chi connectivity index (χ3n) is 4.02. The number of hydrogen-bond donors (Lipinski definition) is 1. The lowest BCUT2D eigenvalue weighted by Crippen LogP contribution is -2.45. The zero-order valence-electron chi connectivity index (χ0n) is 14.9. The van der Waals surface area contributed by atoms with Crippen molar-refractivity contribution in [2.24, 2.45) is 0 Å². The van der Waals surface area contributed by atoms with Crippen LogP contribution in [0.1, 0.15) is 18.1 Å². The SMILES string of the molecule is Cc1ccc(NC(=O)[C@@H](C)N(c2ccc(Cl)c(Cl)c2)S(C)(=O)=O)cc1C. The lowest BCUT2D eigenvalue weighted by molar-refractivity contribution is -0.116. The van der Waals surface area contributed by atoms with Crippen molar-refractivity contribution in [1.82, 2.24) is 0 Å². The third kappa shape index (κ3) is 4.69. The van der Waals surface area contributed by atoms with Crippen molar-refractivity contribution >= 4 is 50.5 Å². The average Bonchev–Trinajstić information content (AvgIpc) is 2.53. The molecule has 0 unspecified atom stereocenters. The van der Waals surface area contributed by atoms with E-state index in [-0.39, 0.29) is 10.7 Å². The van der Waals surface area contributed by atoms with Gasteiger partial charge in [0.15, 0.2) is 0 Å². The third-order valence-corrected chi connectivity index (χ3v) is 6.00. The predicted molar refractivity (Wildman–Crippen MR) is 108 cm³/mol. The Labute approximate surface area is 164 Å². The van der Waals surface area contributed by atoms with Crippen molar-refractivity contribution in [1.29, 1.82) is 0 Å². The van der Waals surface area contributed by atoms with E-state index in [2.05, 4.69) is 5.32 Å². The Kier molecular flexibility index (Phi) is 6.21. The van der Waals surface area contributed by atoms with Crippen LogP contribution in [0.25, 0.3) is 0 Å². The number of carbonyl (C=O) groups is 1. The summed E-state index contributed by atoms with van der Waals surface area (Å²) in [6.07, 6.45) is 1.04. The predicted octanol–water partition coefficient (Wildman–Crippen LogP) is 4.40. The van der Waals surface area contributed by atoms with Crippen LogP contribution in [-0.2, 0) is 14.8 Å². The van der Waals surface area contributed by atoms with Crippen molar-refractivity contribution in [2.45, 2.75) is 26.8 Å². The molecule has 0 radical (unpaired) electrons. The van der Waals surface area contributed by atoms with Crippen LogP contribution >= 0.6 is 23.2 Å². The average molecular weight is 415 g/mol. The first-order chi connectivity index (χ1) is 12.0. The van der Waals surface area contributed by atoms with Gasteiger partial charge >= 0.3 is 0 Å². The summed E-state index contributed by atoms with van der Waals surface area (Å²) >= 11 is 11.9. The van der Waals surface area contributed by atoms with Crippen molar-refractivity contribution in [3.63, 3.8) is 0 Å². The lowest BCUT2D eigenvalue weighted by atomic mass is 10.1. The molecule has 0 aromatic heterocycles. The molecule has 1 amide bonds. The highest BCUT2D eigenvalue weighted by atomic mass is 35.5. The van der Waals surface area contributed by atoms with E-state index in [1.807, 2.05) is 26.0 Å². The number of anilines is 2. The molecule has 2 rings (SSSR count). The van der Waals surface area contributed by atoms with E-state index in [4.69, 9.17) is 23.2 Å². The van der Waals surface area contributed by atoms with Gasteiger partial charge in [0, 0.05) is 5.69 Å². The van der Waals surface area contributed by atoms with Gasteiger partial charge in [-0.25, -0.2) is 8.42 Å². The minimum Gasteiger partial charge on any atom is -0.324 e. The first kappa shape index (κ1) is 20.6. The normalized spacial score (nSPS) is 12.5. The van der Waals surface area contributed by atoms with Crippen LogP contribution in [0.3, 0.4) is 0 Å². The molecule has 0 bridgehead atoms. The Morgan fingerprint density at radius 3 is 2.23 bits per heavy atom. The molecular formula is C18H20Cl2N2O3S. The van der Waals surface area contributed by atoms with Gasteiger partial charge in [0.2, 0.25) is 15.9 Å². The number of nitrogens with one attached hydrogen (secondary N) is 1. The van der Waals surface area contributed by atoms with Gasteiger partial charge in [-0.1, -0.05) is 29.3 Å². The fourth-order valence-corrected chi connectivity index (χ4v) is 3.96. The standard InChI is InChI=1S/C18H20Cl2N2O3S/c1-11-5-6-14(9-12(11)2)21-18(23)13(3)22(26(4,24)25)15-7-8-16(19)17(20)10-15/h5-10,13H,1-4H3,(H,21,23)/t13-/m1/s1. The number of rotatable bonds is 5. The largest absolute Gasteiger partial charge is 0.324 e. The second-order valence-corrected chi connectivity index (χ2v) is 8.80. The fourth-order valence-electron chi connectivity index (χ4n) is 2.50. The summed E-state index contributed by atoms with van der Waals surface area (Å²) in [5.74, 6) is -0.454. The van der Waals surface area contributed by atoms with Crippen LogP contribution in [0.5, 0.6) is 0 Å². The maximum absolute atomic E-state index is 12.6. The van der Waals surface area contributed by atoms with E-state index in [9.17, 15) is 13.2 Å². The van der Waals surface area contributed by atoms with Gasteiger partial charge in [0.05, 0.1) is 22.0 Å². The van der Waals surface area contributed by atoms with E-state index in [0.717, 1.165) is 21.7 Å². The zero-order valence-corrected chi connectivity index (χ0v) is 17.2. The Balaban J connectivity index is 2.34. The maximum atomic E-state index is 12.6. The topological polar surface area (TPSA) is 66.5 Å². The molecule has 140 valence electrons. The second kappa shape index (κ2) is 7.86. The minimum atomic E-state index is -3.73. The molecule has 1 atom stereocenters. The van der Waals surface area contributed by atoms with Gasteiger partial charge in [0.1, 0.15) is 6.04 Å². The minimum absolute atomic E-state index is 0.208. The van der Waals surface area contributed by atoms with Crippen LogP contribution in [0, 0.1) is 13.8 Å². The summed E-state index contributed by atoms with van der Waals surface area (Å²) in [5, 5.41) is 3.26. The fraction of sp³-hybridized carbons (Fsp3) is 0.278. The molecule has 0 aliphatic carbocycles.